The number of carbonyl (C=O) groups excluding carboxylic acids is 2. The Hall–Kier alpha value is -2.36. The highest BCUT2D eigenvalue weighted by atomic mass is 127. The number of carbonyl (C=O) groups is 2. The molecule has 2 aromatic rings. The van der Waals surface area contributed by atoms with Gasteiger partial charge in [0, 0.05) is 29.1 Å². The van der Waals surface area contributed by atoms with E-state index in [1.54, 1.807) is 25.4 Å². The van der Waals surface area contributed by atoms with Crippen molar-refractivity contribution < 1.29 is 9.59 Å². The largest absolute Gasteiger partial charge is 0.310 e. The van der Waals surface area contributed by atoms with Gasteiger partial charge in [0.25, 0.3) is 5.91 Å². The van der Waals surface area contributed by atoms with Gasteiger partial charge in [-0.1, -0.05) is 6.07 Å². The Kier molecular flexibility index (Phi) is 4.33. The normalized spacial score (nSPS) is 17.0. The van der Waals surface area contributed by atoms with E-state index in [0.717, 1.165) is 0 Å². The third-order valence-corrected chi connectivity index (χ3v) is 4.26. The molecule has 7 nitrogen and oxygen atoms in total. The van der Waals surface area contributed by atoms with E-state index >= 15 is 0 Å². The predicted octanol–water partition coefficient (Wildman–Crippen LogP) is 1.97. The Bertz CT molecular complexity index is 826. The summed E-state index contributed by atoms with van der Waals surface area (Å²) in [4.78, 5) is 32.1. The molecular formula is C15H12IN5O2. The lowest BCUT2D eigenvalue weighted by Crippen LogP contribution is -2.31. The number of amides is 2. The molecule has 0 aromatic carbocycles. The number of dihydropyridines is 1. The van der Waals surface area contributed by atoms with Crippen LogP contribution in [0.2, 0.25) is 0 Å². The number of hydrogen-bond acceptors (Lipinski definition) is 4. The summed E-state index contributed by atoms with van der Waals surface area (Å²) in [7, 11) is 1.71. The van der Waals surface area contributed by atoms with Gasteiger partial charge in [0.05, 0.1) is 5.69 Å². The molecule has 23 heavy (non-hydrogen) atoms. The topological polar surface area (TPSA) is 89.2 Å². The first-order valence-corrected chi connectivity index (χ1v) is 7.84. The minimum absolute atomic E-state index is 0.428. The van der Waals surface area contributed by atoms with Crippen LogP contribution in [0, 0.1) is 5.92 Å². The lowest BCUT2D eigenvalue weighted by molar-refractivity contribution is -0.128. The predicted molar refractivity (Wildman–Crippen MR) is 94.2 cm³/mol. The van der Waals surface area contributed by atoms with Crippen LogP contribution >= 0.6 is 22.6 Å². The van der Waals surface area contributed by atoms with Crippen LogP contribution in [0.4, 0.5) is 5.82 Å². The lowest BCUT2D eigenvalue weighted by Gasteiger charge is -2.14. The maximum Gasteiger partial charge on any atom is 0.263 e. The third-order valence-electron chi connectivity index (χ3n) is 3.28. The third kappa shape index (κ3) is 3.21. The number of aliphatic imine (C=N–C) groups is 1. The summed E-state index contributed by atoms with van der Waals surface area (Å²) in [5.41, 5.74) is 1.35. The average Bonchev–Trinajstić information content (AvgIpc) is 2.89. The summed E-state index contributed by atoms with van der Waals surface area (Å²) >= 11 is 1.97. The molecule has 3 heterocycles. The highest BCUT2D eigenvalue weighted by molar-refractivity contribution is 14.1. The first kappa shape index (κ1) is 15.5. The van der Waals surface area contributed by atoms with Gasteiger partial charge in [-0.2, -0.15) is 5.10 Å². The summed E-state index contributed by atoms with van der Waals surface area (Å²) in [6.45, 7) is 0. The van der Waals surface area contributed by atoms with Crippen molar-refractivity contribution >= 4 is 46.4 Å². The Morgan fingerprint density at radius 2 is 2.17 bits per heavy atom. The number of nitrogens with zero attached hydrogens (tertiary/aromatic N) is 4. The molecule has 0 saturated carbocycles. The molecule has 0 bridgehead atoms. The fourth-order valence-electron chi connectivity index (χ4n) is 2.13. The molecule has 116 valence electrons. The minimum atomic E-state index is -0.909. The Morgan fingerprint density at radius 1 is 1.35 bits per heavy atom. The van der Waals surface area contributed by atoms with Gasteiger partial charge >= 0.3 is 0 Å². The fourth-order valence-corrected chi connectivity index (χ4v) is 2.84. The standard InChI is InChI=1S/C15H12IN5O2/c1-21-12(8-11(20-21)10-4-2-3-6-17-10)19-15(23)13-9(16)5-7-18-14(13)22/h2-8,13H,1H3,(H,19,23). The first-order chi connectivity index (χ1) is 11.1. The van der Waals surface area contributed by atoms with Crippen molar-refractivity contribution in [3.63, 3.8) is 0 Å². The van der Waals surface area contributed by atoms with Crippen molar-refractivity contribution in [2.75, 3.05) is 5.32 Å². The van der Waals surface area contributed by atoms with Crippen molar-refractivity contribution in [2.24, 2.45) is 18.0 Å². The SMILES string of the molecule is Cn1nc(-c2ccccn2)cc1NC(=O)C1C(=O)N=CC=C1I. The van der Waals surface area contributed by atoms with Crippen LogP contribution in [0.25, 0.3) is 11.4 Å². The van der Waals surface area contributed by atoms with Crippen molar-refractivity contribution in [1.29, 1.82) is 0 Å². The molecule has 0 saturated heterocycles. The van der Waals surface area contributed by atoms with Crippen LogP contribution < -0.4 is 5.32 Å². The molecule has 1 atom stereocenters. The highest BCUT2D eigenvalue weighted by Crippen LogP contribution is 2.25. The average molecular weight is 421 g/mol. The first-order valence-electron chi connectivity index (χ1n) is 6.76. The highest BCUT2D eigenvalue weighted by Gasteiger charge is 2.31. The smallest absolute Gasteiger partial charge is 0.263 e. The number of aromatic nitrogens is 3. The van der Waals surface area contributed by atoms with Crippen molar-refractivity contribution in [1.82, 2.24) is 14.8 Å². The molecular weight excluding hydrogens is 409 g/mol. The van der Waals surface area contributed by atoms with E-state index in [0.29, 0.717) is 20.8 Å². The Balaban J connectivity index is 1.82. The molecule has 1 unspecified atom stereocenters. The van der Waals surface area contributed by atoms with Gasteiger partial charge in [-0.15, -0.1) is 0 Å². The second-order valence-corrected chi connectivity index (χ2v) is 6.09. The van der Waals surface area contributed by atoms with E-state index in [9.17, 15) is 9.59 Å². The summed E-state index contributed by atoms with van der Waals surface area (Å²) in [5, 5.41) is 7.05. The van der Waals surface area contributed by atoms with Crippen LogP contribution in [-0.4, -0.2) is 32.8 Å². The van der Waals surface area contributed by atoms with E-state index in [1.807, 2.05) is 40.8 Å². The summed E-state index contributed by atoms with van der Waals surface area (Å²) in [6.07, 6.45) is 4.72. The molecule has 8 heteroatoms. The van der Waals surface area contributed by atoms with Gasteiger partial charge in [-0.25, -0.2) is 4.99 Å². The van der Waals surface area contributed by atoms with Crippen LogP contribution in [0.1, 0.15) is 0 Å². The zero-order valence-electron chi connectivity index (χ0n) is 12.1. The molecule has 1 aliphatic rings. The Morgan fingerprint density at radius 3 is 2.87 bits per heavy atom. The van der Waals surface area contributed by atoms with Crippen molar-refractivity contribution in [3.8, 4) is 11.4 Å². The van der Waals surface area contributed by atoms with E-state index in [-0.39, 0.29) is 0 Å². The minimum Gasteiger partial charge on any atom is -0.310 e. The molecule has 0 spiro atoms. The lowest BCUT2D eigenvalue weighted by atomic mass is 10.1. The number of halogens is 1. The number of aryl methyl sites for hydroxylation is 1. The number of hydrogen-bond donors (Lipinski definition) is 1. The Labute approximate surface area is 145 Å². The molecule has 2 amide bonds. The number of nitrogens with one attached hydrogen (secondary N) is 1. The van der Waals surface area contributed by atoms with Crippen LogP contribution in [-0.2, 0) is 16.6 Å². The molecule has 0 radical (unpaired) electrons. The van der Waals surface area contributed by atoms with Gasteiger partial charge in [-0.05, 0) is 40.8 Å². The molecule has 1 N–H and O–H groups in total. The summed E-state index contributed by atoms with van der Waals surface area (Å²) < 4.78 is 2.17. The molecule has 0 fully saturated rings. The number of rotatable bonds is 3. The van der Waals surface area contributed by atoms with Crippen LogP contribution in [0.5, 0.6) is 0 Å². The van der Waals surface area contributed by atoms with E-state index < -0.39 is 17.7 Å². The van der Waals surface area contributed by atoms with Gasteiger partial charge in [-0.3, -0.25) is 19.3 Å². The summed E-state index contributed by atoms with van der Waals surface area (Å²) in [5.74, 6) is -1.32. The number of allylic oxidation sites excluding steroid dienone is 1. The summed E-state index contributed by atoms with van der Waals surface area (Å²) in [6, 6.07) is 7.23. The van der Waals surface area contributed by atoms with E-state index in [4.69, 9.17) is 0 Å². The van der Waals surface area contributed by atoms with E-state index in [1.165, 1.54) is 10.9 Å². The molecule has 1 aliphatic heterocycles. The second-order valence-electron chi connectivity index (χ2n) is 4.84. The maximum atomic E-state index is 12.4. The van der Waals surface area contributed by atoms with Gasteiger partial charge in [0.1, 0.15) is 17.4 Å². The molecule has 2 aromatic heterocycles. The monoisotopic (exact) mass is 421 g/mol. The number of anilines is 1. The zero-order chi connectivity index (χ0) is 16.4. The maximum absolute atomic E-state index is 12.4. The number of pyridine rings is 1. The van der Waals surface area contributed by atoms with E-state index in [2.05, 4.69) is 20.4 Å². The quantitative estimate of drug-likeness (QED) is 0.607. The van der Waals surface area contributed by atoms with Crippen LogP contribution in [0.3, 0.4) is 0 Å². The van der Waals surface area contributed by atoms with Gasteiger partial charge < -0.3 is 5.32 Å². The molecule has 0 aliphatic carbocycles. The van der Waals surface area contributed by atoms with Crippen molar-refractivity contribution in [2.45, 2.75) is 0 Å². The van der Waals surface area contributed by atoms with Gasteiger partial charge in [0.15, 0.2) is 0 Å². The molecule has 3 rings (SSSR count). The second kappa shape index (κ2) is 6.41. The van der Waals surface area contributed by atoms with Crippen LogP contribution in [0.15, 0.2) is 45.1 Å². The zero-order valence-corrected chi connectivity index (χ0v) is 14.3. The van der Waals surface area contributed by atoms with Crippen molar-refractivity contribution in [3.05, 3.63) is 40.1 Å². The fraction of sp³-hybridized carbons (Fsp3) is 0.133. The van der Waals surface area contributed by atoms with Gasteiger partial charge in [0.2, 0.25) is 5.91 Å².